The molecule has 1 aromatic carbocycles. The van der Waals surface area contributed by atoms with Gasteiger partial charge in [0, 0.05) is 6.61 Å². The van der Waals surface area contributed by atoms with Crippen molar-refractivity contribution in [2.45, 2.75) is 39.0 Å². The Morgan fingerprint density at radius 3 is 2.81 bits per heavy atom. The highest BCUT2D eigenvalue weighted by atomic mass is 16.3. The Hall–Kier alpha value is -1.02. The number of benzene rings is 1. The molecule has 0 amide bonds. The Bertz CT molecular complexity index is 382. The SMILES string of the molecule is CC(C)(CO)C1CCCc2c(O)cccc21. The van der Waals surface area contributed by atoms with Crippen LogP contribution in [-0.2, 0) is 6.42 Å². The molecular formula is C14H20O2. The summed E-state index contributed by atoms with van der Waals surface area (Å²) in [5.41, 5.74) is 2.20. The second-order valence-corrected chi connectivity index (χ2v) is 5.44. The van der Waals surface area contributed by atoms with Crippen molar-refractivity contribution < 1.29 is 10.2 Å². The Kier molecular flexibility index (Phi) is 2.94. The molecule has 2 heteroatoms. The first-order chi connectivity index (χ1) is 7.56. The molecule has 2 rings (SSSR count). The fourth-order valence-electron chi connectivity index (χ4n) is 2.75. The zero-order chi connectivity index (χ0) is 11.8. The number of phenols is 1. The zero-order valence-corrected chi connectivity index (χ0v) is 10.0. The van der Waals surface area contributed by atoms with Gasteiger partial charge >= 0.3 is 0 Å². The highest BCUT2D eigenvalue weighted by Gasteiger charge is 2.34. The predicted molar refractivity (Wildman–Crippen MR) is 64.7 cm³/mol. The molecule has 1 aliphatic rings. The normalized spacial score (nSPS) is 20.6. The maximum absolute atomic E-state index is 9.85. The summed E-state index contributed by atoms with van der Waals surface area (Å²) in [7, 11) is 0. The van der Waals surface area contributed by atoms with Crippen LogP contribution in [0.3, 0.4) is 0 Å². The van der Waals surface area contributed by atoms with Crippen molar-refractivity contribution in [1.82, 2.24) is 0 Å². The third-order valence-electron chi connectivity index (χ3n) is 3.83. The molecule has 0 bridgehead atoms. The van der Waals surface area contributed by atoms with Crippen molar-refractivity contribution in [2.75, 3.05) is 6.61 Å². The van der Waals surface area contributed by atoms with Gasteiger partial charge in [0.2, 0.25) is 0 Å². The van der Waals surface area contributed by atoms with Crippen molar-refractivity contribution in [3.8, 4) is 5.75 Å². The summed E-state index contributed by atoms with van der Waals surface area (Å²) in [5.74, 6) is 0.768. The third-order valence-corrected chi connectivity index (χ3v) is 3.83. The fraction of sp³-hybridized carbons (Fsp3) is 0.571. The Morgan fingerprint density at radius 1 is 1.38 bits per heavy atom. The molecule has 1 atom stereocenters. The molecule has 88 valence electrons. The average molecular weight is 220 g/mol. The Morgan fingerprint density at radius 2 is 2.12 bits per heavy atom. The van der Waals surface area contributed by atoms with Crippen LogP contribution in [0.25, 0.3) is 0 Å². The van der Waals surface area contributed by atoms with Crippen molar-refractivity contribution in [1.29, 1.82) is 0 Å². The van der Waals surface area contributed by atoms with E-state index in [0.29, 0.717) is 11.7 Å². The number of hydrogen-bond acceptors (Lipinski definition) is 2. The van der Waals surface area contributed by atoms with Gasteiger partial charge in [-0.3, -0.25) is 0 Å². The standard InChI is InChI=1S/C14H20O2/c1-14(2,9-15)12-7-3-6-11-10(12)5-4-8-13(11)16/h4-5,8,12,15-16H,3,6-7,9H2,1-2H3. The monoisotopic (exact) mass is 220 g/mol. The lowest BCUT2D eigenvalue weighted by Gasteiger charge is -2.37. The second kappa shape index (κ2) is 4.10. The molecule has 0 aliphatic heterocycles. The minimum Gasteiger partial charge on any atom is -0.508 e. The van der Waals surface area contributed by atoms with E-state index < -0.39 is 0 Å². The van der Waals surface area contributed by atoms with Gasteiger partial charge in [0.05, 0.1) is 0 Å². The van der Waals surface area contributed by atoms with Crippen LogP contribution in [0, 0.1) is 5.41 Å². The van der Waals surface area contributed by atoms with Gasteiger partial charge < -0.3 is 10.2 Å². The van der Waals surface area contributed by atoms with E-state index in [2.05, 4.69) is 19.9 Å². The van der Waals surface area contributed by atoms with E-state index >= 15 is 0 Å². The zero-order valence-electron chi connectivity index (χ0n) is 10.0. The summed E-state index contributed by atoms with van der Waals surface area (Å²) >= 11 is 0. The van der Waals surface area contributed by atoms with Crippen LogP contribution in [-0.4, -0.2) is 16.8 Å². The van der Waals surface area contributed by atoms with E-state index in [4.69, 9.17) is 0 Å². The third kappa shape index (κ3) is 1.82. The van der Waals surface area contributed by atoms with E-state index in [9.17, 15) is 10.2 Å². The van der Waals surface area contributed by atoms with Crippen LogP contribution in [0.15, 0.2) is 18.2 Å². The van der Waals surface area contributed by atoms with Gasteiger partial charge in [-0.05, 0) is 47.8 Å². The fourth-order valence-corrected chi connectivity index (χ4v) is 2.75. The van der Waals surface area contributed by atoms with Crippen LogP contribution in [0.2, 0.25) is 0 Å². The molecule has 1 aromatic rings. The quantitative estimate of drug-likeness (QED) is 0.804. The molecule has 0 fully saturated rings. The molecule has 0 aromatic heterocycles. The minimum absolute atomic E-state index is 0.108. The molecule has 2 N–H and O–H groups in total. The maximum Gasteiger partial charge on any atom is 0.119 e. The van der Waals surface area contributed by atoms with Crippen molar-refractivity contribution >= 4 is 0 Å². The first-order valence-electron chi connectivity index (χ1n) is 5.98. The Balaban J connectivity index is 2.45. The highest BCUT2D eigenvalue weighted by molar-refractivity contribution is 5.43. The first kappa shape index (κ1) is 11.5. The van der Waals surface area contributed by atoms with E-state index in [1.165, 1.54) is 5.56 Å². The molecule has 0 saturated carbocycles. The van der Waals surface area contributed by atoms with Gasteiger partial charge in [-0.25, -0.2) is 0 Å². The number of fused-ring (bicyclic) bond motifs is 1. The topological polar surface area (TPSA) is 40.5 Å². The van der Waals surface area contributed by atoms with Gasteiger partial charge in [-0.1, -0.05) is 26.0 Å². The maximum atomic E-state index is 9.85. The molecule has 0 saturated heterocycles. The molecule has 2 nitrogen and oxygen atoms in total. The summed E-state index contributed by atoms with van der Waals surface area (Å²) in [6, 6.07) is 5.75. The molecular weight excluding hydrogens is 200 g/mol. The lowest BCUT2D eigenvalue weighted by molar-refractivity contribution is 0.122. The number of rotatable bonds is 2. The smallest absolute Gasteiger partial charge is 0.119 e. The lowest BCUT2D eigenvalue weighted by atomic mass is 9.68. The van der Waals surface area contributed by atoms with Crippen LogP contribution in [0.4, 0.5) is 0 Å². The Labute approximate surface area is 96.9 Å². The summed E-state index contributed by atoms with van der Waals surface area (Å²) < 4.78 is 0. The number of aliphatic hydroxyl groups excluding tert-OH is 1. The molecule has 0 radical (unpaired) electrons. The minimum atomic E-state index is -0.108. The number of aliphatic hydroxyl groups is 1. The van der Waals surface area contributed by atoms with E-state index in [1.54, 1.807) is 6.07 Å². The molecule has 16 heavy (non-hydrogen) atoms. The van der Waals surface area contributed by atoms with Crippen molar-refractivity contribution in [2.24, 2.45) is 5.41 Å². The van der Waals surface area contributed by atoms with Crippen LogP contribution in [0.5, 0.6) is 5.75 Å². The second-order valence-electron chi connectivity index (χ2n) is 5.44. The summed E-state index contributed by atoms with van der Waals surface area (Å²) in [6.45, 7) is 4.38. The van der Waals surface area contributed by atoms with Crippen LogP contribution in [0.1, 0.15) is 43.7 Å². The molecule has 0 heterocycles. The number of hydrogen-bond donors (Lipinski definition) is 2. The summed E-state index contributed by atoms with van der Waals surface area (Å²) in [4.78, 5) is 0. The first-order valence-corrected chi connectivity index (χ1v) is 5.98. The van der Waals surface area contributed by atoms with Gasteiger partial charge in [0.15, 0.2) is 0 Å². The molecule has 1 aliphatic carbocycles. The van der Waals surface area contributed by atoms with Crippen molar-refractivity contribution in [3.05, 3.63) is 29.3 Å². The van der Waals surface area contributed by atoms with E-state index in [-0.39, 0.29) is 12.0 Å². The van der Waals surface area contributed by atoms with Crippen LogP contribution >= 0.6 is 0 Å². The van der Waals surface area contributed by atoms with Gasteiger partial charge in [0.1, 0.15) is 5.75 Å². The predicted octanol–water partition coefficient (Wildman–Crippen LogP) is 2.83. The summed E-state index contributed by atoms with van der Waals surface area (Å²) in [6.07, 6.45) is 3.16. The molecule has 0 spiro atoms. The lowest BCUT2D eigenvalue weighted by Crippen LogP contribution is -2.29. The van der Waals surface area contributed by atoms with Crippen LogP contribution < -0.4 is 0 Å². The largest absolute Gasteiger partial charge is 0.508 e. The van der Waals surface area contributed by atoms with E-state index in [1.807, 2.05) is 6.07 Å². The number of phenolic OH excluding ortho intramolecular Hbond substituents is 1. The van der Waals surface area contributed by atoms with Gasteiger partial charge in [0.25, 0.3) is 0 Å². The van der Waals surface area contributed by atoms with Crippen molar-refractivity contribution in [3.63, 3.8) is 0 Å². The summed E-state index contributed by atoms with van der Waals surface area (Å²) in [5, 5.41) is 19.3. The van der Waals surface area contributed by atoms with E-state index in [0.717, 1.165) is 24.8 Å². The average Bonchev–Trinajstić information content (AvgIpc) is 2.29. The molecule has 1 unspecified atom stereocenters. The number of aromatic hydroxyl groups is 1. The van der Waals surface area contributed by atoms with Gasteiger partial charge in [-0.15, -0.1) is 0 Å². The highest BCUT2D eigenvalue weighted by Crippen LogP contribution is 2.45. The van der Waals surface area contributed by atoms with Gasteiger partial charge in [-0.2, -0.15) is 0 Å².